The third kappa shape index (κ3) is 5.69. The van der Waals surface area contributed by atoms with Crippen molar-refractivity contribution in [1.29, 1.82) is 0 Å². The Morgan fingerprint density at radius 3 is 2.57 bits per heavy atom. The summed E-state index contributed by atoms with van der Waals surface area (Å²) >= 11 is 1.63. The maximum absolute atomic E-state index is 13.1. The van der Waals surface area contributed by atoms with E-state index in [0.29, 0.717) is 27.3 Å². The number of hydrogen-bond acceptors (Lipinski definition) is 4. The third-order valence-electron chi connectivity index (χ3n) is 3.62. The van der Waals surface area contributed by atoms with Gasteiger partial charge in [0.1, 0.15) is 17.2 Å². The molecular formula is C19H16BrFN4O2S. The van der Waals surface area contributed by atoms with Crippen LogP contribution in [0.5, 0.6) is 0 Å². The second kappa shape index (κ2) is 9.54. The Kier molecular flexibility index (Phi) is 6.85. The van der Waals surface area contributed by atoms with E-state index in [1.54, 1.807) is 42.7 Å². The monoisotopic (exact) mass is 462 g/mol. The highest BCUT2D eigenvalue weighted by Crippen LogP contribution is 2.25. The van der Waals surface area contributed by atoms with Gasteiger partial charge in [0, 0.05) is 24.6 Å². The minimum Gasteiger partial charge on any atom is -0.588 e. The van der Waals surface area contributed by atoms with E-state index in [9.17, 15) is 13.7 Å². The van der Waals surface area contributed by atoms with Gasteiger partial charge in [-0.3, -0.25) is 4.98 Å². The number of nitrogens with one attached hydrogen (secondary N) is 3. The van der Waals surface area contributed by atoms with Crippen molar-refractivity contribution < 1.29 is 13.7 Å². The van der Waals surface area contributed by atoms with E-state index in [-0.39, 0.29) is 6.03 Å². The molecule has 0 bridgehead atoms. The average molecular weight is 463 g/mol. The molecule has 1 aromatic heterocycles. The van der Waals surface area contributed by atoms with Crippen molar-refractivity contribution in [3.63, 3.8) is 0 Å². The number of pyridine rings is 1. The van der Waals surface area contributed by atoms with Crippen molar-refractivity contribution in [2.24, 2.45) is 0 Å². The van der Waals surface area contributed by atoms with Gasteiger partial charge in [-0.05, 0) is 70.0 Å². The number of rotatable bonds is 6. The zero-order valence-corrected chi connectivity index (χ0v) is 16.9. The van der Waals surface area contributed by atoms with E-state index in [0.717, 1.165) is 5.56 Å². The second-order valence-corrected chi connectivity index (χ2v) is 7.73. The smallest absolute Gasteiger partial charge is 0.319 e. The predicted octanol–water partition coefficient (Wildman–Crippen LogP) is 4.44. The van der Waals surface area contributed by atoms with E-state index in [1.165, 1.54) is 18.2 Å². The first-order chi connectivity index (χ1) is 13.5. The molecule has 2 aromatic carbocycles. The van der Waals surface area contributed by atoms with Crippen LogP contribution in [0.2, 0.25) is 0 Å². The third-order valence-corrected chi connectivity index (χ3v) is 5.72. The minimum atomic E-state index is -1.56. The summed E-state index contributed by atoms with van der Waals surface area (Å²) < 4.78 is 28.8. The summed E-state index contributed by atoms with van der Waals surface area (Å²) in [7, 11) is 0. The maximum Gasteiger partial charge on any atom is 0.319 e. The van der Waals surface area contributed by atoms with Crippen molar-refractivity contribution in [3.8, 4) is 0 Å². The summed E-state index contributed by atoms with van der Waals surface area (Å²) in [6.45, 7) is 0.366. The number of urea groups is 1. The summed E-state index contributed by atoms with van der Waals surface area (Å²) in [6.07, 6.45) is 3.35. The Labute approximate surface area is 173 Å². The molecule has 0 saturated carbocycles. The van der Waals surface area contributed by atoms with Gasteiger partial charge in [0.25, 0.3) is 0 Å². The summed E-state index contributed by atoms with van der Waals surface area (Å²) in [5.41, 5.74) is 2.07. The number of hydrogen-bond donors (Lipinski definition) is 3. The van der Waals surface area contributed by atoms with Crippen LogP contribution in [0.1, 0.15) is 5.56 Å². The van der Waals surface area contributed by atoms with Gasteiger partial charge in [-0.25, -0.2) is 13.9 Å². The molecule has 0 aliphatic carbocycles. The zero-order chi connectivity index (χ0) is 19.9. The Morgan fingerprint density at radius 1 is 1.14 bits per heavy atom. The molecule has 9 heteroatoms. The largest absolute Gasteiger partial charge is 0.588 e. The fourth-order valence-electron chi connectivity index (χ4n) is 2.27. The molecule has 28 heavy (non-hydrogen) atoms. The van der Waals surface area contributed by atoms with Crippen molar-refractivity contribution in [1.82, 2.24) is 10.3 Å². The Morgan fingerprint density at radius 2 is 1.89 bits per heavy atom. The zero-order valence-electron chi connectivity index (χ0n) is 14.5. The normalized spacial score (nSPS) is 11.5. The number of halogens is 2. The number of carbonyl (C=O) groups excluding carboxylic acids is 1. The van der Waals surface area contributed by atoms with Crippen molar-refractivity contribution >= 4 is 44.7 Å². The van der Waals surface area contributed by atoms with Crippen LogP contribution >= 0.6 is 15.9 Å². The van der Waals surface area contributed by atoms with Crippen molar-refractivity contribution in [2.45, 2.75) is 11.4 Å². The van der Waals surface area contributed by atoms with Crippen molar-refractivity contribution in [3.05, 3.63) is 82.8 Å². The average Bonchev–Trinajstić information content (AvgIpc) is 2.68. The number of amides is 2. The standard InChI is InChI=1S/C19H16BrFN4O2S/c20-17-10-14(21)3-8-18(17)28(27)25-16-6-4-15(5-7-16)24-19(26)23-12-13-2-1-9-22-11-13/h1-11,25H,12H2,(H2,23,24,26). The minimum absolute atomic E-state index is 0.344. The molecule has 0 aliphatic heterocycles. The van der Waals surface area contributed by atoms with Crippen molar-refractivity contribution in [2.75, 3.05) is 10.0 Å². The first kappa shape index (κ1) is 20.1. The first-order valence-electron chi connectivity index (χ1n) is 8.18. The van der Waals surface area contributed by atoms with Crippen LogP contribution in [0.3, 0.4) is 0 Å². The van der Waals surface area contributed by atoms with Crippen LogP contribution in [-0.4, -0.2) is 15.6 Å². The molecule has 0 aliphatic rings. The van der Waals surface area contributed by atoms with Crippen LogP contribution in [0.4, 0.5) is 20.6 Å². The van der Waals surface area contributed by atoms with Gasteiger partial charge in [-0.15, -0.1) is 0 Å². The molecule has 144 valence electrons. The lowest BCUT2D eigenvalue weighted by molar-refractivity contribution is 0.251. The number of aromatic nitrogens is 1. The quantitative estimate of drug-likeness (QED) is 0.472. The number of nitrogens with zero attached hydrogens (tertiary/aromatic N) is 1. The van der Waals surface area contributed by atoms with Gasteiger partial charge in [0.2, 0.25) is 0 Å². The summed E-state index contributed by atoms with van der Waals surface area (Å²) in [6, 6.07) is 14.0. The highest BCUT2D eigenvalue weighted by atomic mass is 79.9. The molecule has 3 aromatic rings. The SMILES string of the molecule is O=C(NCc1cccnc1)Nc1ccc(N[S+]([O-])c2ccc(F)cc2Br)cc1. The molecule has 1 atom stereocenters. The lowest BCUT2D eigenvalue weighted by Gasteiger charge is -2.13. The van der Waals surface area contributed by atoms with Gasteiger partial charge < -0.3 is 15.2 Å². The van der Waals surface area contributed by atoms with Gasteiger partial charge >= 0.3 is 6.03 Å². The summed E-state index contributed by atoms with van der Waals surface area (Å²) in [5, 5.41) is 5.45. The van der Waals surface area contributed by atoms with Gasteiger partial charge in [-0.2, -0.15) is 0 Å². The van der Waals surface area contributed by atoms with Crippen LogP contribution < -0.4 is 15.4 Å². The molecule has 6 nitrogen and oxygen atoms in total. The van der Waals surface area contributed by atoms with E-state index in [4.69, 9.17) is 0 Å². The number of carbonyl (C=O) groups is 1. The lowest BCUT2D eigenvalue weighted by atomic mass is 10.3. The van der Waals surface area contributed by atoms with E-state index < -0.39 is 17.2 Å². The van der Waals surface area contributed by atoms with E-state index >= 15 is 0 Å². The molecule has 0 spiro atoms. The number of benzene rings is 2. The molecule has 2 amide bonds. The molecule has 0 saturated heterocycles. The van der Waals surface area contributed by atoms with Crippen LogP contribution in [0.25, 0.3) is 0 Å². The van der Waals surface area contributed by atoms with Gasteiger partial charge in [0.05, 0.1) is 10.2 Å². The molecule has 3 N–H and O–H groups in total. The Bertz CT molecular complexity index is 944. The van der Waals surface area contributed by atoms with Crippen LogP contribution in [0, 0.1) is 5.82 Å². The summed E-state index contributed by atoms with van der Waals surface area (Å²) in [5.74, 6) is -0.412. The van der Waals surface area contributed by atoms with Gasteiger partial charge in [0.15, 0.2) is 4.90 Å². The topological polar surface area (TPSA) is 89.1 Å². The molecular weight excluding hydrogens is 447 g/mol. The maximum atomic E-state index is 13.1. The molecule has 1 heterocycles. The second-order valence-electron chi connectivity index (χ2n) is 5.69. The highest BCUT2D eigenvalue weighted by Gasteiger charge is 2.16. The molecule has 1 unspecified atom stereocenters. The highest BCUT2D eigenvalue weighted by molar-refractivity contribution is 9.10. The van der Waals surface area contributed by atoms with E-state index in [2.05, 4.69) is 36.3 Å². The first-order valence-corrected chi connectivity index (χ1v) is 10.1. The molecule has 0 fully saturated rings. The van der Waals surface area contributed by atoms with Gasteiger partial charge in [-0.1, -0.05) is 6.07 Å². The Balaban J connectivity index is 1.53. The fourth-order valence-corrected chi connectivity index (χ4v) is 3.95. The predicted molar refractivity (Wildman–Crippen MR) is 111 cm³/mol. The van der Waals surface area contributed by atoms with Crippen LogP contribution in [0.15, 0.2) is 76.4 Å². The summed E-state index contributed by atoms with van der Waals surface area (Å²) in [4.78, 5) is 16.4. The molecule has 3 rings (SSSR count). The Hall–Kier alpha value is -2.62. The lowest BCUT2D eigenvalue weighted by Crippen LogP contribution is -2.28. The van der Waals surface area contributed by atoms with E-state index in [1.807, 2.05) is 6.07 Å². The fraction of sp³-hybridized carbons (Fsp3) is 0.0526. The van der Waals surface area contributed by atoms with Crippen LogP contribution in [-0.2, 0) is 17.9 Å². The number of anilines is 2. The molecule has 0 radical (unpaired) electrons.